The second-order valence-electron chi connectivity index (χ2n) is 6.45. The first kappa shape index (κ1) is 19.7. The second kappa shape index (κ2) is 8.29. The maximum absolute atomic E-state index is 13.3. The van der Waals surface area contributed by atoms with Gasteiger partial charge in [-0.2, -0.15) is 18.2 Å². The van der Waals surface area contributed by atoms with Gasteiger partial charge >= 0.3 is 6.18 Å². The van der Waals surface area contributed by atoms with E-state index in [9.17, 15) is 13.2 Å². The largest absolute Gasteiger partial charge is 0.418 e. The topological polar surface area (TPSA) is 49.8 Å². The number of nitrogens with one attached hydrogen (secondary N) is 2. The lowest BCUT2D eigenvalue weighted by molar-refractivity contribution is -0.136. The molecule has 28 heavy (non-hydrogen) atoms. The van der Waals surface area contributed by atoms with Crippen molar-refractivity contribution in [1.82, 2.24) is 9.97 Å². The molecule has 0 aliphatic heterocycles. The van der Waals surface area contributed by atoms with E-state index in [1.54, 1.807) is 12.1 Å². The summed E-state index contributed by atoms with van der Waals surface area (Å²) in [7, 11) is 0. The van der Waals surface area contributed by atoms with Gasteiger partial charge in [-0.25, -0.2) is 4.98 Å². The first-order chi connectivity index (χ1) is 13.4. The zero-order valence-electron chi connectivity index (χ0n) is 15.6. The number of rotatable bonds is 6. The van der Waals surface area contributed by atoms with E-state index in [2.05, 4.69) is 20.6 Å². The molecule has 0 radical (unpaired) electrons. The molecular formula is C21H21F3N4. The predicted octanol–water partition coefficient (Wildman–Crippen LogP) is 6.12. The number of hydrogen-bond acceptors (Lipinski definition) is 4. The lowest BCUT2D eigenvalue weighted by atomic mass is 10.1. The summed E-state index contributed by atoms with van der Waals surface area (Å²) in [6.07, 6.45) is -3.60. The minimum atomic E-state index is -4.46. The van der Waals surface area contributed by atoms with Crippen LogP contribution in [0.4, 0.5) is 30.6 Å². The van der Waals surface area contributed by atoms with E-state index >= 15 is 0 Å². The van der Waals surface area contributed by atoms with Crippen molar-refractivity contribution in [3.05, 3.63) is 66.2 Å². The third-order valence-corrected chi connectivity index (χ3v) is 4.28. The molecule has 2 N–H and O–H groups in total. The van der Waals surface area contributed by atoms with Crippen LogP contribution >= 0.6 is 0 Å². The molecule has 0 amide bonds. The van der Waals surface area contributed by atoms with Crippen molar-refractivity contribution in [1.29, 1.82) is 0 Å². The Morgan fingerprint density at radius 2 is 1.64 bits per heavy atom. The summed E-state index contributed by atoms with van der Waals surface area (Å²) in [5, 5.41) is 6.00. The second-order valence-corrected chi connectivity index (χ2v) is 6.45. The van der Waals surface area contributed by atoms with Gasteiger partial charge in [0.2, 0.25) is 5.95 Å². The van der Waals surface area contributed by atoms with Gasteiger partial charge in [0.15, 0.2) is 0 Å². The first-order valence-electron chi connectivity index (χ1n) is 9.01. The Kier molecular flexibility index (Phi) is 5.82. The van der Waals surface area contributed by atoms with Crippen LogP contribution in [0.2, 0.25) is 0 Å². The summed E-state index contributed by atoms with van der Waals surface area (Å²) in [6.45, 7) is 4.02. The Bertz CT molecular complexity index is 926. The van der Waals surface area contributed by atoms with E-state index < -0.39 is 11.7 Å². The third kappa shape index (κ3) is 4.79. The van der Waals surface area contributed by atoms with Gasteiger partial charge < -0.3 is 10.6 Å². The van der Waals surface area contributed by atoms with Gasteiger partial charge in [-0.15, -0.1) is 0 Å². The van der Waals surface area contributed by atoms with Gasteiger partial charge in [-0.05, 0) is 25.5 Å². The minimum absolute atomic E-state index is 0.0535. The highest BCUT2D eigenvalue weighted by molar-refractivity contribution is 5.68. The Balaban J connectivity index is 2.02. The fourth-order valence-electron chi connectivity index (χ4n) is 2.63. The van der Waals surface area contributed by atoms with Crippen molar-refractivity contribution < 1.29 is 13.2 Å². The summed E-state index contributed by atoms with van der Waals surface area (Å²) in [6, 6.07) is 16.5. The molecule has 0 unspecified atom stereocenters. The molecule has 1 heterocycles. The minimum Gasteiger partial charge on any atom is -0.352 e. The molecule has 0 spiro atoms. The Labute approximate surface area is 161 Å². The number of para-hydroxylation sites is 1. The number of nitrogens with zero attached hydrogens (tertiary/aromatic N) is 2. The number of anilines is 3. The number of halogens is 3. The molecule has 146 valence electrons. The average molecular weight is 386 g/mol. The molecule has 0 saturated heterocycles. The molecular weight excluding hydrogens is 365 g/mol. The maximum Gasteiger partial charge on any atom is 0.418 e. The predicted molar refractivity (Wildman–Crippen MR) is 106 cm³/mol. The number of hydrogen-bond donors (Lipinski definition) is 2. The summed E-state index contributed by atoms with van der Waals surface area (Å²) in [4.78, 5) is 8.88. The summed E-state index contributed by atoms with van der Waals surface area (Å²) < 4.78 is 39.9. The van der Waals surface area contributed by atoms with E-state index in [1.165, 1.54) is 12.1 Å². The van der Waals surface area contributed by atoms with Crippen LogP contribution in [0.1, 0.15) is 25.8 Å². The van der Waals surface area contributed by atoms with Crippen LogP contribution in [-0.4, -0.2) is 16.0 Å². The Morgan fingerprint density at radius 1 is 0.964 bits per heavy atom. The van der Waals surface area contributed by atoms with Crippen LogP contribution < -0.4 is 10.6 Å². The van der Waals surface area contributed by atoms with Crippen LogP contribution in [0.15, 0.2) is 60.7 Å². The van der Waals surface area contributed by atoms with Crippen molar-refractivity contribution in [3.8, 4) is 11.3 Å². The standard InChI is InChI=1S/C21H21F3N4/c1-3-14(2)25-20-27-18(15-9-5-4-6-10-15)13-19(28-20)26-17-12-8-7-11-16(17)21(22,23)24/h4-14H,3H2,1-2H3,(H2,25,26,27,28)/t14-/m1/s1. The normalized spacial score (nSPS) is 12.5. The van der Waals surface area contributed by atoms with E-state index in [0.717, 1.165) is 18.1 Å². The highest BCUT2D eigenvalue weighted by Gasteiger charge is 2.33. The van der Waals surface area contributed by atoms with E-state index in [0.29, 0.717) is 11.6 Å². The zero-order valence-corrected chi connectivity index (χ0v) is 15.6. The number of benzene rings is 2. The van der Waals surface area contributed by atoms with Gasteiger partial charge in [-0.3, -0.25) is 0 Å². The molecule has 3 aromatic rings. The van der Waals surface area contributed by atoms with Crippen molar-refractivity contribution in [2.24, 2.45) is 0 Å². The molecule has 3 rings (SSSR count). The summed E-state index contributed by atoms with van der Waals surface area (Å²) >= 11 is 0. The summed E-state index contributed by atoms with van der Waals surface area (Å²) in [5.74, 6) is 0.652. The van der Waals surface area contributed by atoms with Crippen LogP contribution in [0, 0.1) is 0 Å². The fourth-order valence-corrected chi connectivity index (χ4v) is 2.63. The van der Waals surface area contributed by atoms with Gasteiger partial charge in [0.1, 0.15) is 5.82 Å². The fraction of sp³-hybridized carbons (Fsp3) is 0.238. The van der Waals surface area contributed by atoms with Crippen LogP contribution in [0.25, 0.3) is 11.3 Å². The third-order valence-electron chi connectivity index (χ3n) is 4.28. The molecule has 0 fully saturated rings. The molecule has 7 heteroatoms. The number of alkyl halides is 3. The molecule has 0 saturated carbocycles. The van der Waals surface area contributed by atoms with Crippen LogP contribution in [-0.2, 0) is 6.18 Å². The molecule has 0 aliphatic carbocycles. The van der Waals surface area contributed by atoms with Gasteiger partial charge in [-0.1, -0.05) is 49.4 Å². The molecule has 1 atom stereocenters. The summed E-state index contributed by atoms with van der Waals surface area (Å²) in [5.41, 5.74) is 0.672. The average Bonchev–Trinajstić information content (AvgIpc) is 2.68. The van der Waals surface area contributed by atoms with Crippen LogP contribution in [0.3, 0.4) is 0 Å². The van der Waals surface area contributed by atoms with Crippen molar-refractivity contribution >= 4 is 17.5 Å². The quantitative estimate of drug-likeness (QED) is 0.536. The molecule has 2 aromatic carbocycles. The maximum atomic E-state index is 13.3. The smallest absolute Gasteiger partial charge is 0.352 e. The van der Waals surface area contributed by atoms with Gasteiger partial charge in [0.25, 0.3) is 0 Å². The van der Waals surface area contributed by atoms with Crippen molar-refractivity contribution in [2.75, 3.05) is 10.6 Å². The molecule has 0 bridgehead atoms. The first-order valence-corrected chi connectivity index (χ1v) is 9.01. The van der Waals surface area contributed by atoms with Crippen molar-refractivity contribution in [2.45, 2.75) is 32.5 Å². The SMILES string of the molecule is CC[C@@H](C)Nc1nc(Nc2ccccc2C(F)(F)F)cc(-c2ccccc2)n1. The Hall–Kier alpha value is -3.09. The van der Waals surface area contributed by atoms with E-state index in [-0.39, 0.29) is 17.5 Å². The monoisotopic (exact) mass is 386 g/mol. The van der Waals surface area contributed by atoms with Crippen molar-refractivity contribution in [3.63, 3.8) is 0 Å². The van der Waals surface area contributed by atoms with Crippen LogP contribution in [0.5, 0.6) is 0 Å². The highest BCUT2D eigenvalue weighted by Crippen LogP contribution is 2.36. The molecule has 4 nitrogen and oxygen atoms in total. The molecule has 0 aliphatic rings. The lowest BCUT2D eigenvalue weighted by Gasteiger charge is -2.17. The van der Waals surface area contributed by atoms with Gasteiger partial charge in [0.05, 0.1) is 16.9 Å². The highest BCUT2D eigenvalue weighted by atomic mass is 19.4. The van der Waals surface area contributed by atoms with E-state index in [1.807, 2.05) is 44.2 Å². The lowest BCUT2D eigenvalue weighted by Crippen LogP contribution is -2.16. The molecule has 1 aromatic heterocycles. The van der Waals surface area contributed by atoms with Gasteiger partial charge in [0, 0.05) is 17.7 Å². The zero-order chi connectivity index (χ0) is 20.1. The Morgan fingerprint density at radius 3 is 2.32 bits per heavy atom. The number of aromatic nitrogens is 2. The van der Waals surface area contributed by atoms with E-state index in [4.69, 9.17) is 0 Å².